The minimum absolute atomic E-state index is 0.107. The molecular formula is C14H17BrClFN2O. The summed E-state index contributed by atoms with van der Waals surface area (Å²) in [6.07, 6.45) is 0.918. The Bertz CT molecular complexity index is 486. The molecule has 6 heteroatoms. The first kappa shape index (κ1) is 15.7. The van der Waals surface area contributed by atoms with E-state index < -0.39 is 5.82 Å². The second-order valence-electron chi connectivity index (χ2n) is 4.81. The lowest BCUT2D eigenvalue weighted by molar-refractivity contribution is 0.0761. The molecule has 0 N–H and O–H groups in total. The molecule has 2 rings (SSSR count). The lowest BCUT2D eigenvalue weighted by Crippen LogP contribution is -2.35. The molecular weight excluding hydrogens is 347 g/mol. The summed E-state index contributed by atoms with van der Waals surface area (Å²) < 4.78 is 13.9. The Hall–Kier alpha value is -0.650. The third kappa shape index (κ3) is 3.93. The zero-order valence-electron chi connectivity index (χ0n) is 11.1. The van der Waals surface area contributed by atoms with Gasteiger partial charge in [0, 0.05) is 37.6 Å². The zero-order chi connectivity index (χ0) is 14.5. The van der Waals surface area contributed by atoms with Crippen molar-refractivity contribution in [1.82, 2.24) is 9.80 Å². The average Bonchev–Trinajstić information content (AvgIpc) is 2.67. The molecule has 0 aliphatic carbocycles. The van der Waals surface area contributed by atoms with Crippen LogP contribution in [0.3, 0.4) is 0 Å². The van der Waals surface area contributed by atoms with Gasteiger partial charge in [0.05, 0.1) is 4.47 Å². The van der Waals surface area contributed by atoms with Gasteiger partial charge in [-0.1, -0.05) is 0 Å². The highest BCUT2D eigenvalue weighted by Gasteiger charge is 2.20. The molecule has 1 amide bonds. The molecule has 0 bridgehead atoms. The molecule has 1 aromatic carbocycles. The number of amides is 1. The van der Waals surface area contributed by atoms with Crippen molar-refractivity contribution in [1.29, 1.82) is 0 Å². The minimum Gasteiger partial charge on any atom is -0.337 e. The standard InChI is InChI=1S/C14H17BrClFN2O/c15-12-3-2-11(10-13(12)17)14(20)19-6-1-5-18(7-4-16)8-9-19/h2-3,10H,1,4-9H2. The Labute approximate surface area is 131 Å². The second-order valence-corrected chi connectivity index (χ2v) is 6.04. The molecule has 1 aromatic rings. The monoisotopic (exact) mass is 362 g/mol. The van der Waals surface area contributed by atoms with Gasteiger partial charge in [-0.3, -0.25) is 4.79 Å². The third-order valence-electron chi connectivity index (χ3n) is 3.44. The first-order chi connectivity index (χ1) is 9.61. The predicted octanol–water partition coefficient (Wildman–Crippen LogP) is 2.97. The SMILES string of the molecule is O=C(c1ccc(Br)c(F)c1)N1CCCN(CCCl)CC1. The number of carbonyl (C=O) groups is 1. The van der Waals surface area contributed by atoms with Gasteiger partial charge in [0.25, 0.3) is 5.91 Å². The molecule has 0 atom stereocenters. The molecule has 0 unspecified atom stereocenters. The summed E-state index contributed by atoms with van der Waals surface area (Å²) in [6.45, 7) is 3.97. The van der Waals surface area contributed by atoms with E-state index in [4.69, 9.17) is 11.6 Å². The number of hydrogen-bond donors (Lipinski definition) is 0. The smallest absolute Gasteiger partial charge is 0.254 e. The van der Waals surface area contributed by atoms with Crippen molar-refractivity contribution >= 4 is 33.4 Å². The summed E-state index contributed by atoms with van der Waals surface area (Å²) in [7, 11) is 0. The molecule has 110 valence electrons. The maximum Gasteiger partial charge on any atom is 0.254 e. The van der Waals surface area contributed by atoms with Crippen LogP contribution in [0.4, 0.5) is 4.39 Å². The molecule has 1 heterocycles. The number of carbonyl (C=O) groups excluding carboxylic acids is 1. The van der Waals surface area contributed by atoms with Crippen LogP contribution in [0.5, 0.6) is 0 Å². The van der Waals surface area contributed by atoms with E-state index in [2.05, 4.69) is 20.8 Å². The largest absolute Gasteiger partial charge is 0.337 e. The minimum atomic E-state index is -0.408. The van der Waals surface area contributed by atoms with Gasteiger partial charge >= 0.3 is 0 Å². The van der Waals surface area contributed by atoms with Crippen molar-refractivity contribution in [2.24, 2.45) is 0 Å². The van der Waals surface area contributed by atoms with Gasteiger partial charge in [-0.2, -0.15) is 0 Å². The van der Waals surface area contributed by atoms with Crippen molar-refractivity contribution in [2.45, 2.75) is 6.42 Å². The number of halogens is 3. The summed E-state index contributed by atoms with van der Waals surface area (Å²) in [6, 6.07) is 4.50. The summed E-state index contributed by atoms with van der Waals surface area (Å²) in [4.78, 5) is 16.4. The van der Waals surface area contributed by atoms with E-state index in [1.807, 2.05) is 0 Å². The summed E-state index contributed by atoms with van der Waals surface area (Å²) in [5.74, 6) is 0.0878. The molecule has 1 fully saturated rings. The van der Waals surface area contributed by atoms with E-state index in [1.165, 1.54) is 6.07 Å². The van der Waals surface area contributed by atoms with Crippen LogP contribution in [0, 0.1) is 5.82 Å². The number of alkyl halides is 1. The predicted molar refractivity (Wildman–Crippen MR) is 81.8 cm³/mol. The Morgan fingerprint density at radius 1 is 1.30 bits per heavy atom. The van der Waals surface area contributed by atoms with Crippen molar-refractivity contribution in [3.63, 3.8) is 0 Å². The van der Waals surface area contributed by atoms with E-state index in [0.717, 1.165) is 26.1 Å². The van der Waals surface area contributed by atoms with Crippen LogP contribution < -0.4 is 0 Å². The van der Waals surface area contributed by atoms with Crippen molar-refractivity contribution in [2.75, 3.05) is 38.6 Å². The molecule has 0 spiro atoms. The molecule has 0 saturated carbocycles. The second kappa shape index (κ2) is 7.38. The van der Waals surface area contributed by atoms with E-state index in [1.54, 1.807) is 17.0 Å². The van der Waals surface area contributed by atoms with Crippen molar-refractivity contribution in [3.05, 3.63) is 34.1 Å². The molecule has 0 aromatic heterocycles. The highest BCUT2D eigenvalue weighted by atomic mass is 79.9. The average molecular weight is 364 g/mol. The van der Waals surface area contributed by atoms with Gasteiger partial charge in [0.2, 0.25) is 0 Å². The number of benzene rings is 1. The fraction of sp³-hybridized carbons (Fsp3) is 0.500. The Morgan fingerprint density at radius 3 is 2.80 bits per heavy atom. The van der Waals surface area contributed by atoms with E-state index in [-0.39, 0.29) is 5.91 Å². The lowest BCUT2D eigenvalue weighted by atomic mass is 10.2. The lowest BCUT2D eigenvalue weighted by Gasteiger charge is -2.21. The van der Waals surface area contributed by atoms with Crippen molar-refractivity contribution < 1.29 is 9.18 Å². The summed E-state index contributed by atoms with van der Waals surface area (Å²) >= 11 is 8.84. The maximum atomic E-state index is 13.5. The van der Waals surface area contributed by atoms with E-state index >= 15 is 0 Å². The van der Waals surface area contributed by atoms with Gasteiger partial charge in [0.1, 0.15) is 5.82 Å². The van der Waals surface area contributed by atoms with Crippen LogP contribution >= 0.6 is 27.5 Å². The van der Waals surface area contributed by atoms with Crippen molar-refractivity contribution in [3.8, 4) is 0 Å². The molecule has 1 aliphatic heterocycles. The quantitative estimate of drug-likeness (QED) is 0.771. The van der Waals surface area contributed by atoms with Gasteiger partial charge in [0.15, 0.2) is 0 Å². The Kier molecular flexibility index (Phi) is 5.81. The fourth-order valence-corrected chi connectivity index (χ4v) is 2.81. The number of hydrogen-bond acceptors (Lipinski definition) is 2. The van der Waals surface area contributed by atoms with Crippen LogP contribution in [0.15, 0.2) is 22.7 Å². The van der Waals surface area contributed by atoms with Crippen LogP contribution in [0.25, 0.3) is 0 Å². The van der Waals surface area contributed by atoms with Gasteiger partial charge in [-0.05, 0) is 47.1 Å². The van der Waals surface area contributed by atoms with Crippen LogP contribution in [-0.4, -0.2) is 54.3 Å². The first-order valence-corrected chi connectivity index (χ1v) is 7.97. The van der Waals surface area contributed by atoms with Gasteiger partial charge in [-0.15, -0.1) is 11.6 Å². The van der Waals surface area contributed by atoms with Crippen LogP contribution in [-0.2, 0) is 0 Å². The topological polar surface area (TPSA) is 23.6 Å². The summed E-state index contributed by atoms with van der Waals surface area (Å²) in [5.41, 5.74) is 0.400. The Morgan fingerprint density at radius 2 is 2.10 bits per heavy atom. The number of rotatable bonds is 3. The zero-order valence-corrected chi connectivity index (χ0v) is 13.5. The first-order valence-electron chi connectivity index (χ1n) is 6.64. The highest BCUT2D eigenvalue weighted by molar-refractivity contribution is 9.10. The number of nitrogens with zero attached hydrogens (tertiary/aromatic N) is 2. The van der Waals surface area contributed by atoms with E-state index in [0.29, 0.717) is 29.0 Å². The Balaban J connectivity index is 2.03. The fourth-order valence-electron chi connectivity index (χ4n) is 2.33. The molecule has 0 radical (unpaired) electrons. The van der Waals surface area contributed by atoms with Gasteiger partial charge in [-0.25, -0.2) is 4.39 Å². The third-order valence-corrected chi connectivity index (χ3v) is 4.26. The molecule has 20 heavy (non-hydrogen) atoms. The van der Waals surface area contributed by atoms with Gasteiger partial charge < -0.3 is 9.80 Å². The highest BCUT2D eigenvalue weighted by Crippen LogP contribution is 2.18. The molecule has 3 nitrogen and oxygen atoms in total. The maximum absolute atomic E-state index is 13.5. The summed E-state index contributed by atoms with van der Waals surface area (Å²) in [5, 5.41) is 0. The molecule has 1 aliphatic rings. The van der Waals surface area contributed by atoms with Crippen LogP contribution in [0.2, 0.25) is 0 Å². The normalized spacial score (nSPS) is 17.1. The molecule has 1 saturated heterocycles. The van der Waals surface area contributed by atoms with E-state index in [9.17, 15) is 9.18 Å². The van der Waals surface area contributed by atoms with Crippen LogP contribution in [0.1, 0.15) is 16.8 Å².